The van der Waals surface area contributed by atoms with Crippen molar-refractivity contribution in [1.29, 1.82) is 0 Å². The molecule has 0 radical (unpaired) electrons. The van der Waals surface area contributed by atoms with Gasteiger partial charge in [0, 0.05) is 11.3 Å². The van der Waals surface area contributed by atoms with Gasteiger partial charge in [-0.25, -0.2) is 0 Å². The number of fused-ring (bicyclic) bond motifs is 9. The first-order chi connectivity index (χ1) is 42.0. The van der Waals surface area contributed by atoms with E-state index in [1.165, 1.54) is 0 Å². The van der Waals surface area contributed by atoms with Crippen molar-refractivity contribution in [2.24, 2.45) is 5.92 Å². The third-order valence-electron chi connectivity index (χ3n) is 13.9. The van der Waals surface area contributed by atoms with Crippen molar-refractivity contribution in [2.45, 2.75) is 46.4 Å². The van der Waals surface area contributed by atoms with Gasteiger partial charge in [0.2, 0.25) is 0 Å². The number of imidazole rings is 1. The van der Waals surface area contributed by atoms with Crippen LogP contribution in [0.5, 0.6) is 11.6 Å². The Hall–Kier alpha value is -8.25. The predicted octanol–water partition coefficient (Wildman–Crippen LogP) is 16.5. The predicted molar refractivity (Wildman–Crippen MR) is 309 cm³/mol. The Balaban J connectivity index is 1.05. The van der Waals surface area contributed by atoms with Gasteiger partial charge in [0.1, 0.15) is 0 Å². The minimum absolute atomic E-state index is 0.0219. The first kappa shape index (κ1) is 35.9. The van der Waals surface area contributed by atoms with Gasteiger partial charge in [-0.2, -0.15) is 12.1 Å². The number of nitrogens with zero attached hydrogens (tertiary/aromatic N) is 5. The molecule has 8 heteroatoms. The molecule has 0 spiro atoms. The zero-order chi connectivity index (χ0) is 62.2. The summed E-state index contributed by atoms with van der Waals surface area (Å²) in [6.07, 6.45) is -2.24. The minimum atomic E-state index is -2.24. The summed E-state index contributed by atoms with van der Waals surface area (Å²) in [7, 11) is 0. The van der Waals surface area contributed by atoms with E-state index in [1.807, 2.05) is 111 Å². The molecule has 76 heavy (non-hydrogen) atoms. The average Bonchev–Trinajstić information content (AvgIpc) is 1.68. The molecule has 9 aromatic carbocycles. The quantitative estimate of drug-likeness (QED) is 0.101. The summed E-state index contributed by atoms with van der Waals surface area (Å²) in [5.41, 5.74) is 10.2. The van der Waals surface area contributed by atoms with Crippen LogP contribution in [0.4, 0.5) is 22.9 Å². The van der Waals surface area contributed by atoms with Gasteiger partial charge in [-0.3, -0.25) is 0 Å². The van der Waals surface area contributed by atoms with Crippen LogP contribution in [-0.2, 0) is 31.1 Å². The Morgan fingerprint density at radius 1 is 0.645 bits per heavy atom. The Morgan fingerprint density at radius 3 is 2.01 bits per heavy atom. The van der Waals surface area contributed by atoms with Crippen molar-refractivity contribution in [2.75, 3.05) is 9.62 Å². The van der Waals surface area contributed by atoms with Crippen LogP contribution in [0.1, 0.15) is 62.2 Å². The van der Waals surface area contributed by atoms with E-state index in [4.69, 9.17) is 17.9 Å². The fraction of sp³-hybridized carbons (Fsp3) is 0.118. The van der Waals surface area contributed by atoms with Crippen LogP contribution in [-0.4, -0.2) is 21.1 Å². The standard InChI is InChI=1S/C68H54BN5O.Pt/c1-46(2)42-50-43-64(74-63-37-19-18-36-62(63)73-59-33-15-13-29-57(59)56-28-12-14-32-58(56)69(73)74)70-67(65(50)49-24-10-7-11-25-49)75-53-27-20-26-52(44-53)71-45-72(61-35-17-16-34-60(61)71)66-54(47-22-8-6-9-23-47)30-21-31-55(66)48-38-40-51(41-39-48)68(3,4)5;/h6-36,38-41,43,46H,42H2,1-5H3;/q-2;/i6D,7D,8D,9D,10D,11D,22D,23D,24D,25D,42D2;. The molecule has 0 unspecified atom stereocenters. The van der Waals surface area contributed by atoms with Crippen molar-refractivity contribution in [3.63, 3.8) is 0 Å². The van der Waals surface area contributed by atoms with Crippen LogP contribution >= 0.6 is 0 Å². The van der Waals surface area contributed by atoms with E-state index in [0.29, 0.717) is 37.5 Å². The van der Waals surface area contributed by atoms with Gasteiger partial charge in [-0.15, -0.1) is 6.07 Å². The number of anilines is 4. The van der Waals surface area contributed by atoms with Crippen LogP contribution in [0.25, 0.3) is 66.9 Å². The summed E-state index contributed by atoms with van der Waals surface area (Å²) in [6.45, 7) is 9.29. The van der Waals surface area contributed by atoms with Crippen LogP contribution < -0.4 is 19.8 Å². The van der Waals surface area contributed by atoms with Gasteiger partial charge in [0.05, 0.1) is 1.37 Å². The second-order valence-electron chi connectivity index (χ2n) is 20.1. The molecule has 2 aromatic heterocycles. The molecule has 13 rings (SSSR count). The normalized spacial score (nSPS) is 15.1. The van der Waals surface area contributed by atoms with E-state index in [0.717, 1.165) is 44.7 Å². The molecule has 0 atom stereocenters. The molecule has 372 valence electrons. The van der Waals surface area contributed by atoms with Crippen molar-refractivity contribution in [1.82, 2.24) is 14.1 Å². The van der Waals surface area contributed by atoms with E-state index < -0.39 is 67.6 Å². The molecular weight excluding hydrogens is 1110 g/mol. The summed E-state index contributed by atoms with van der Waals surface area (Å²) >= 11 is 2.23. The van der Waals surface area contributed by atoms with Crippen molar-refractivity contribution >= 4 is 46.4 Å². The van der Waals surface area contributed by atoms with E-state index in [-0.39, 0.29) is 57.2 Å². The summed E-state index contributed by atoms with van der Waals surface area (Å²) in [4.78, 5) is 9.54. The Bertz CT molecular complexity index is 4730. The first-order valence-corrected chi connectivity index (χ1v) is 26.2. The fourth-order valence-corrected chi connectivity index (χ4v) is 11.7. The van der Waals surface area contributed by atoms with Crippen molar-refractivity contribution in [3.8, 4) is 67.5 Å². The third-order valence-corrected chi connectivity index (χ3v) is 14.9. The van der Waals surface area contributed by atoms with Crippen LogP contribution in [0.2, 0.25) is 0 Å². The molecule has 2 aliphatic rings. The SMILES string of the molecule is [2H]c1c([2H])c([2H])c(-c2cccc(-c3ccc(C(C)(C)C)cc3)c2-n2[c](=[Pt])n(-c3[c-]c(Oc4nc(N5B6c7ccccc7-c7ccccc7N6c6ccc[c-]c65)cc(C([2H])([2H])C(C)C)c4-c4c([2H])c([2H])c([2H])c([2H])c4[2H])ccc3)c3ccccc32)c([2H])c1[2H]. The Kier molecular flexibility index (Phi) is 9.04. The Labute approximate surface area is 473 Å². The number of para-hydroxylation sites is 5. The monoisotopic (exact) mass is 1170 g/mol. The number of pyridine rings is 1. The van der Waals surface area contributed by atoms with Gasteiger partial charge in [0.15, 0.2) is 0 Å². The first-order valence-electron chi connectivity index (χ1n) is 31.1. The maximum atomic E-state index is 9.97. The van der Waals surface area contributed by atoms with E-state index in [1.54, 1.807) is 38.1 Å². The number of benzene rings is 9. The third kappa shape index (κ3) is 8.17. The second kappa shape index (κ2) is 19.2. The summed E-state index contributed by atoms with van der Waals surface area (Å²) < 4.78 is 122. The average molecular weight is 1180 g/mol. The van der Waals surface area contributed by atoms with Gasteiger partial charge in [0.25, 0.3) is 0 Å². The molecule has 0 saturated carbocycles. The van der Waals surface area contributed by atoms with Gasteiger partial charge in [-0.1, -0.05) is 42.5 Å². The topological polar surface area (TPSA) is 38.5 Å². The van der Waals surface area contributed by atoms with Gasteiger partial charge in [-0.05, 0) is 11.6 Å². The number of rotatable bonds is 10. The van der Waals surface area contributed by atoms with E-state index in [9.17, 15) is 8.22 Å². The molecule has 0 saturated heterocycles. The molecule has 11 aromatic rings. The fourth-order valence-electron chi connectivity index (χ4n) is 10.6. The van der Waals surface area contributed by atoms with E-state index >= 15 is 0 Å². The maximum absolute atomic E-state index is 9.97. The van der Waals surface area contributed by atoms with Crippen LogP contribution in [0.15, 0.2) is 218 Å². The second-order valence-corrected chi connectivity index (χ2v) is 21.1. The Morgan fingerprint density at radius 2 is 1.28 bits per heavy atom. The molecule has 2 aliphatic heterocycles. The molecular formula is C68H54BN5OPt-2. The summed E-state index contributed by atoms with van der Waals surface area (Å²) in [5, 5.41) is 0. The zero-order valence-corrected chi connectivity index (χ0v) is 44.4. The molecule has 0 bridgehead atoms. The van der Waals surface area contributed by atoms with Gasteiger partial charge < -0.3 is 0 Å². The zero-order valence-electron chi connectivity index (χ0n) is 54.1. The van der Waals surface area contributed by atoms with E-state index in [2.05, 4.69) is 93.5 Å². The number of hydrogen-bond acceptors (Lipinski definition) is 4. The molecule has 4 heterocycles. The van der Waals surface area contributed by atoms with Crippen molar-refractivity contribution in [3.05, 3.63) is 245 Å². The van der Waals surface area contributed by atoms with Crippen LogP contribution in [0.3, 0.4) is 0 Å². The number of hydrogen-bond donors (Lipinski definition) is 0. The molecule has 0 fully saturated rings. The van der Waals surface area contributed by atoms with Crippen molar-refractivity contribution < 1.29 is 40.5 Å². The molecule has 0 aliphatic carbocycles. The van der Waals surface area contributed by atoms with Crippen LogP contribution in [0, 0.1) is 21.9 Å². The summed E-state index contributed by atoms with van der Waals surface area (Å²) in [5.74, 6) is -0.657. The summed E-state index contributed by atoms with van der Waals surface area (Å²) in [6, 6.07) is 52.2. The molecule has 0 N–H and O–H groups in total. The number of ether oxygens (including phenoxy) is 1. The molecule has 0 amide bonds. The van der Waals surface area contributed by atoms with Gasteiger partial charge >= 0.3 is 391 Å². The number of aromatic nitrogens is 3. The molecule has 6 nitrogen and oxygen atoms in total.